The molecule has 1 aliphatic rings. The Morgan fingerprint density at radius 3 is 2.59 bits per heavy atom. The third kappa shape index (κ3) is 4.16. The van der Waals surface area contributed by atoms with E-state index in [0.717, 1.165) is 10.5 Å². The van der Waals surface area contributed by atoms with Crippen LogP contribution in [0.5, 0.6) is 0 Å². The summed E-state index contributed by atoms with van der Waals surface area (Å²) in [6.07, 6.45) is 1.44. The molecule has 1 N–H and O–H groups in total. The van der Waals surface area contributed by atoms with Gasteiger partial charge in [0.1, 0.15) is 11.3 Å². The highest BCUT2D eigenvalue weighted by atomic mass is 32.2. The number of amides is 2. The first kappa shape index (κ1) is 19.2. The summed E-state index contributed by atoms with van der Waals surface area (Å²) in [5.41, 5.74) is 1.55. The summed E-state index contributed by atoms with van der Waals surface area (Å²) in [6, 6.07) is 20.7. The number of anilines is 1. The largest absolute Gasteiger partial charge is 0.450 e. The molecule has 0 aliphatic carbocycles. The molecule has 3 aromatic rings. The number of aryl methyl sites for hydroxylation is 1. The molecule has 1 saturated heterocycles. The van der Waals surface area contributed by atoms with Gasteiger partial charge in [-0.1, -0.05) is 42.1 Å². The van der Waals surface area contributed by atoms with Gasteiger partial charge in [-0.3, -0.25) is 19.8 Å². The Labute approximate surface area is 177 Å². The molecule has 2 amide bonds. The number of nitrogens with one attached hydrogen (secondary N) is 1. The zero-order valence-corrected chi connectivity index (χ0v) is 17.0. The number of nitrogens with zero attached hydrogens (tertiary/aromatic N) is 1. The van der Waals surface area contributed by atoms with E-state index < -0.39 is 11.8 Å². The highest BCUT2D eigenvalue weighted by Crippen LogP contribution is 2.30. The van der Waals surface area contributed by atoms with Crippen LogP contribution in [-0.2, 0) is 9.59 Å². The Hall–Kier alpha value is -3.16. The van der Waals surface area contributed by atoms with Crippen molar-refractivity contribution in [2.45, 2.75) is 16.9 Å². The van der Waals surface area contributed by atoms with Crippen LogP contribution in [0.2, 0.25) is 0 Å². The molecule has 0 radical (unpaired) electrons. The van der Waals surface area contributed by atoms with E-state index in [0.29, 0.717) is 16.5 Å². The van der Waals surface area contributed by atoms with Gasteiger partial charge in [-0.05, 0) is 67.2 Å². The van der Waals surface area contributed by atoms with E-state index in [4.69, 9.17) is 16.6 Å². The van der Waals surface area contributed by atoms with E-state index in [9.17, 15) is 9.59 Å². The minimum absolute atomic E-state index is 0.0364. The van der Waals surface area contributed by atoms with Crippen LogP contribution < -0.4 is 10.2 Å². The van der Waals surface area contributed by atoms with Crippen LogP contribution in [-0.4, -0.2) is 16.9 Å². The molecule has 4 rings (SSSR count). The summed E-state index contributed by atoms with van der Waals surface area (Å²) in [6.45, 7) is 1.92. The number of carbonyl (C=O) groups is 2. The first-order chi connectivity index (χ1) is 14.0. The maximum Gasteiger partial charge on any atom is 0.270 e. The number of furan rings is 1. The van der Waals surface area contributed by atoms with Gasteiger partial charge in [-0.25, -0.2) is 0 Å². The van der Waals surface area contributed by atoms with E-state index >= 15 is 0 Å². The lowest BCUT2D eigenvalue weighted by atomic mass is 10.1. The fraction of sp³-hybridized carbons (Fsp3) is 0.0455. The second-order valence-corrected chi connectivity index (χ2v) is 7.83. The molecule has 0 spiro atoms. The fourth-order valence-corrected chi connectivity index (χ4v) is 3.95. The minimum atomic E-state index is -0.544. The lowest BCUT2D eigenvalue weighted by Crippen LogP contribution is -2.54. The van der Waals surface area contributed by atoms with E-state index in [1.807, 2.05) is 55.5 Å². The zero-order chi connectivity index (χ0) is 20.4. The van der Waals surface area contributed by atoms with Gasteiger partial charge in [0.05, 0.1) is 5.69 Å². The maximum atomic E-state index is 13.0. The van der Waals surface area contributed by atoms with Crippen LogP contribution in [0.15, 0.2) is 86.7 Å². The van der Waals surface area contributed by atoms with Crippen molar-refractivity contribution in [1.29, 1.82) is 0 Å². The Bertz CT molecular complexity index is 1140. The molecule has 1 fully saturated rings. The SMILES string of the molecule is Cc1cccc(N2C(=O)/C(=C/c3ccc(Sc4ccccc4)o3)C(=O)NC2=S)c1. The lowest BCUT2D eigenvalue weighted by molar-refractivity contribution is -0.122. The van der Waals surface area contributed by atoms with Crippen LogP contribution in [0.3, 0.4) is 0 Å². The van der Waals surface area contributed by atoms with Gasteiger partial charge in [0.25, 0.3) is 11.8 Å². The van der Waals surface area contributed by atoms with Crippen LogP contribution in [0.1, 0.15) is 11.3 Å². The molecule has 1 aromatic heterocycles. The summed E-state index contributed by atoms with van der Waals surface area (Å²) in [5.74, 6) is -0.616. The third-order valence-corrected chi connectivity index (χ3v) is 5.43. The van der Waals surface area contributed by atoms with Crippen molar-refractivity contribution in [3.63, 3.8) is 0 Å². The van der Waals surface area contributed by atoms with Gasteiger partial charge < -0.3 is 4.42 Å². The second kappa shape index (κ2) is 8.06. The molecule has 0 bridgehead atoms. The zero-order valence-electron chi connectivity index (χ0n) is 15.4. The summed E-state index contributed by atoms with van der Waals surface area (Å²) in [5, 5.41) is 3.30. The molecule has 0 atom stereocenters. The second-order valence-electron chi connectivity index (χ2n) is 6.37. The molecular formula is C22H16N2O3S2. The van der Waals surface area contributed by atoms with E-state index in [-0.39, 0.29) is 10.7 Å². The Balaban J connectivity index is 1.61. The number of hydrogen-bond donors (Lipinski definition) is 1. The van der Waals surface area contributed by atoms with Crippen molar-refractivity contribution >= 4 is 52.7 Å². The van der Waals surface area contributed by atoms with Crippen molar-refractivity contribution in [2.75, 3.05) is 4.90 Å². The molecule has 1 aliphatic heterocycles. The Kier molecular flexibility index (Phi) is 5.33. The predicted molar refractivity (Wildman–Crippen MR) is 117 cm³/mol. The van der Waals surface area contributed by atoms with Gasteiger partial charge in [-0.15, -0.1) is 0 Å². The first-order valence-electron chi connectivity index (χ1n) is 8.82. The number of hydrogen-bond acceptors (Lipinski definition) is 5. The Morgan fingerprint density at radius 1 is 1.03 bits per heavy atom. The van der Waals surface area contributed by atoms with Gasteiger partial charge in [0, 0.05) is 4.90 Å². The molecule has 5 nitrogen and oxygen atoms in total. The smallest absolute Gasteiger partial charge is 0.270 e. The third-order valence-electron chi connectivity index (χ3n) is 4.21. The van der Waals surface area contributed by atoms with Gasteiger partial charge in [-0.2, -0.15) is 0 Å². The van der Waals surface area contributed by atoms with Crippen LogP contribution >= 0.6 is 24.0 Å². The Morgan fingerprint density at radius 2 is 1.83 bits per heavy atom. The summed E-state index contributed by atoms with van der Waals surface area (Å²) in [4.78, 5) is 27.8. The summed E-state index contributed by atoms with van der Waals surface area (Å²) in [7, 11) is 0. The highest BCUT2D eigenvalue weighted by Gasteiger charge is 2.34. The van der Waals surface area contributed by atoms with Gasteiger partial charge >= 0.3 is 0 Å². The van der Waals surface area contributed by atoms with Crippen LogP contribution in [0, 0.1) is 6.92 Å². The van der Waals surface area contributed by atoms with E-state index in [1.54, 1.807) is 18.2 Å². The topological polar surface area (TPSA) is 62.6 Å². The summed E-state index contributed by atoms with van der Waals surface area (Å²) < 4.78 is 5.78. The normalized spacial score (nSPS) is 15.7. The average molecular weight is 421 g/mol. The molecule has 2 heterocycles. The maximum absolute atomic E-state index is 13.0. The fourth-order valence-electron chi connectivity index (χ4n) is 2.87. The van der Waals surface area contributed by atoms with Gasteiger partial charge in [0.15, 0.2) is 10.2 Å². The molecular weight excluding hydrogens is 404 g/mol. The number of benzene rings is 2. The van der Waals surface area contributed by atoms with Crippen LogP contribution in [0.4, 0.5) is 5.69 Å². The molecule has 2 aromatic carbocycles. The van der Waals surface area contributed by atoms with Crippen molar-refractivity contribution in [1.82, 2.24) is 5.32 Å². The van der Waals surface area contributed by atoms with Crippen molar-refractivity contribution in [3.05, 3.63) is 83.6 Å². The van der Waals surface area contributed by atoms with E-state index in [1.165, 1.54) is 22.7 Å². The van der Waals surface area contributed by atoms with E-state index in [2.05, 4.69) is 5.32 Å². The van der Waals surface area contributed by atoms with Crippen LogP contribution in [0.25, 0.3) is 6.08 Å². The summed E-state index contributed by atoms with van der Waals surface area (Å²) >= 11 is 6.68. The van der Waals surface area contributed by atoms with Crippen molar-refractivity contribution < 1.29 is 14.0 Å². The van der Waals surface area contributed by atoms with Gasteiger partial charge in [0.2, 0.25) is 0 Å². The standard InChI is InChI=1S/C22H16N2O3S2/c1-14-6-5-7-15(12-14)24-21(26)18(20(25)23-22(24)28)13-16-10-11-19(27-16)29-17-8-3-2-4-9-17/h2-13H,1H3,(H,23,25,28)/b18-13+. The van der Waals surface area contributed by atoms with Crippen molar-refractivity contribution in [2.24, 2.45) is 0 Å². The predicted octanol–water partition coefficient (Wildman–Crippen LogP) is 4.57. The quantitative estimate of drug-likeness (QED) is 0.381. The number of carbonyl (C=O) groups excluding carboxylic acids is 2. The first-order valence-corrected chi connectivity index (χ1v) is 10.0. The molecule has 7 heteroatoms. The average Bonchev–Trinajstić information content (AvgIpc) is 3.13. The number of thiocarbonyl (C=S) groups is 1. The highest BCUT2D eigenvalue weighted by molar-refractivity contribution is 7.99. The molecule has 0 saturated carbocycles. The molecule has 144 valence electrons. The molecule has 0 unspecified atom stereocenters. The molecule has 29 heavy (non-hydrogen) atoms. The monoisotopic (exact) mass is 420 g/mol. The minimum Gasteiger partial charge on any atom is -0.450 e. The number of rotatable bonds is 4. The lowest BCUT2D eigenvalue weighted by Gasteiger charge is -2.28. The van der Waals surface area contributed by atoms with Crippen molar-refractivity contribution in [3.8, 4) is 0 Å².